The van der Waals surface area contributed by atoms with Crippen molar-refractivity contribution < 1.29 is 14.0 Å². The smallest absolute Gasteiger partial charge is 0.276 e. The van der Waals surface area contributed by atoms with Gasteiger partial charge in [-0.3, -0.25) is 30.1 Å². The van der Waals surface area contributed by atoms with Crippen molar-refractivity contribution in [2.24, 2.45) is 0 Å². The molecule has 0 fully saturated rings. The fourth-order valence-corrected chi connectivity index (χ4v) is 6.05. The summed E-state index contributed by atoms with van der Waals surface area (Å²) in [6.07, 6.45) is 7.85. The second kappa shape index (κ2) is 12.6. The third-order valence-electron chi connectivity index (χ3n) is 7.28. The van der Waals surface area contributed by atoms with Crippen LogP contribution in [0.15, 0.2) is 79.5 Å². The first kappa shape index (κ1) is 28.4. The Hall–Kier alpha value is -4.74. The number of allylic oxidation sites excluding steroid dienone is 2. The van der Waals surface area contributed by atoms with Crippen LogP contribution in [0.1, 0.15) is 44.3 Å². The first-order chi connectivity index (χ1) is 21.0. The average Bonchev–Trinajstić information content (AvgIpc) is 3.62. The fourth-order valence-electron chi connectivity index (χ4n) is 5.01. The number of aromatic amines is 1. The molecule has 0 aliphatic carbocycles. The number of imidazole rings is 1. The van der Waals surface area contributed by atoms with E-state index in [0.29, 0.717) is 28.1 Å². The lowest BCUT2D eigenvalue weighted by Gasteiger charge is -2.25. The Morgan fingerprint density at radius 3 is 2.81 bits per heavy atom. The molecule has 1 unspecified atom stereocenters. The number of pyridine rings is 1. The fraction of sp³-hybridized carbons (Fsp3) is 0.219. The zero-order valence-electron chi connectivity index (χ0n) is 23.3. The summed E-state index contributed by atoms with van der Waals surface area (Å²) in [6.45, 7) is 5.98. The molecule has 2 amide bonds. The molecular weight excluding hydrogens is 565 g/mol. The van der Waals surface area contributed by atoms with Crippen LogP contribution in [0.4, 0.5) is 15.5 Å². The van der Waals surface area contributed by atoms with Gasteiger partial charge >= 0.3 is 0 Å². The van der Waals surface area contributed by atoms with E-state index in [-0.39, 0.29) is 17.5 Å². The topological polar surface area (TPSA) is 116 Å². The number of nitrogens with zero attached hydrogens (tertiary/aromatic N) is 4. The minimum absolute atomic E-state index is 0.222. The van der Waals surface area contributed by atoms with Crippen LogP contribution < -0.4 is 10.6 Å². The monoisotopic (exact) mass is 595 g/mol. The van der Waals surface area contributed by atoms with E-state index in [0.717, 1.165) is 53.8 Å². The Labute approximate surface area is 251 Å². The van der Waals surface area contributed by atoms with Crippen molar-refractivity contribution in [3.8, 4) is 0 Å². The van der Waals surface area contributed by atoms with Gasteiger partial charge in [0.2, 0.25) is 5.95 Å². The lowest BCUT2D eigenvalue weighted by molar-refractivity contribution is 0.101. The second-order valence-electron chi connectivity index (χ2n) is 10.3. The third kappa shape index (κ3) is 6.52. The number of H-pyrrole nitrogens is 1. The number of aromatic nitrogens is 4. The van der Waals surface area contributed by atoms with E-state index in [4.69, 9.17) is 0 Å². The zero-order valence-corrected chi connectivity index (χ0v) is 24.2. The summed E-state index contributed by atoms with van der Waals surface area (Å²) in [5, 5.41) is 8.08. The summed E-state index contributed by atoms with van der Waals surface area (Å²) in [5.41, 5.74) is 2.69. The third-order valence-corrected chi connectivity index (χ3v) is 8.28. The van der Waals surface area contributed by atoms with Gasteiger partial charge in [0.05, 0.1) is 16.8 Å². The predicted molar refractivity (Wildman–Crippen MR) is 168 cm³/mol. The number of nitrogens with one attached hydrogen (secondary N) is 3. The second-order valence-corrected chi connectivity index (χ2v) is 11.4. The molecule has 3 N–H and O–H groups in total. The van der Waals surface area contributed by atoms with Gasteiger partial charge in [0.1, 0.15) is 17.4 Å². The summed E-state index contributed by atoms with van der Waals surface area (Å²) in [4.78, 5) is 46.2. The molecule has 11 heteroatoms. The number of para-hydroxylation sites is 1. The maximum Gasteiger partial charge on any atom is 0.276 e. The molecule has 1 atom stereocenters. The van der Waals surface area contributed by atoms with E-state index in [2.05, 4.69) is 42.0 Å². The summed E-state index contributed by atoms with van der Waals surface area (Å²) in [7, 11) is 0. The predicted octanol–water partition coefficient (Wildman–Crippen LogP) is 6.29. The quantitative estimate of drug-likeness (QED) is 0.164. The number of hydrogen-bond acceptors (Lipinski definition) is 7. The lowest BCUT2D eigenvalue weighted by atomic mass is 10.1. The largest absolute Gasteiger partial charge is 0.324 e. The van der Waals surface area contributed by atoms with Crippen LogP contribution in [0.3, 0.4) is 0 Å². The summed E-state index contributed by atoms with van der Waals surface area (Å²) in [5.74, 6) is -0.514. The standard InChI is InChI=1S/C32H30FN7O2S/c1-2-22(33)11-4-3-7-15-40-16-14-24-27(19-40)43-32(36-24)39-29(41)23-12-8-13-25-28(23)37-31(35-25)38-30(42)26-17-20-9-5-6-10-21(20)18-34-26/h2-6,8-10,12-13,17-18,22H,1,7,11,14-16,19H2,(H,36,39,41)(H2,35,37,38,42)/b4-3+. The SMILES string of the molecule is C=CC(F)C/C=C/CCN1CCc2nc(NC(=O)c3cccc4[nH]c(NC(=O)c5cc6ccccc6cn5)nc34)sc2C1. The lowest BCUT2D eigenvalue weighted by Crippen LogP contribution is -2.30. The van der Waals surface area contributed by atoms with Gasteiger partial charge in [-0.25, -0.2) is 14.4 Å². The van der Waals surface area contributed by atoms with E-state index in [1.165, 1.54) is 17.4 Å². The van der Waals surface area contributed by atoms with Crippen LogP contribution in [0, 0.1) is 0 Å². The van der Waals surface area contributed by atoms with E-state index in [1.807, 2.05) is 36.4 Å². The molecule has 0 bridgehead atoms. The number of fused-ring (bicyclic) bond motifs is 3. The first-order valence-electron chi connectivity index (χ1n) is 14.1. The van der Waals surface area contributed by atoms with Gasteiger partial charge in [0, 0.05) is 48.9 Å². The molecule has 0 saturated heterocycles. The maximum absolute atomic E-state index is 13.3. The van der Waals surface area contributed by atoms with E-state index < -0.39 is 12.1 Å². The molecule has 9 nitrogen and oxygen atoms in total. The van der Waals surface area contributed by atoms with E-state index in [9.17, 15) is 14.0 Å². The first-order valence-corrected chi connectivity index (χ1v) is 14.9. The summed E-state index contributed by atoms with van der Waals surface area (Å²) >= 11 is 1.47. The van der Waals surface area contributed by atoms with Crippen LogP contribution in [-0.2, 0) is 13.0 Å². The van der Waals surface area contributed by atoms with Crippen LogP contribution in [-0.4, -0.2) is 55.9 Å². The van der Waals surface area contributed by atoms with Gasteiger partial charge in [0.25, 0.3) is 11.8 Å². The molecule has 1 aliphatic heterocycles. The van der Waals surface area contributed by atoms with Gasteiger partial charge in [-0.15, -0.1) is 17.9 Å². The highest BCUT2D eigenvalue weighted by Crippen LogP contribution is 2.29. The minimum Gasteiger partial charge on any atom is -0.324 e. The maximum atomic E-state index is 13.3. The van der Waals surface area contributed by atoms with Gasteiger partial charge < -0.3 is 4.98 Å². The number of rotatable bonds is 10. The number of benzene rings is 2. The van der Waals surface area contributed by atoms with Crippen molar-refractivity contribution in [2.75, 3.05) is 23.7 Å². The zero-order chi connectivity index (χ0) is 29.8. The van der Waals surface area contributed by atoms with Crippen molar-refractivity contribution >= 4 is 56.0 Å². The van der Waals surface area contributed by atoms with Crippen molar-refractivity contribution in [3.05, 3.63) is 101 Å². The number of amides is 2. The molecule has 0 saturated carbocycles. The van der Waals surface area contributed by atoms with Crippen molar-refractivity contribution in [1.29, 1.82) is 0 Å². The number of hydrogen-bond donors (Lipinski definition) is 3. The molecule has 0 spiro atoms. The van der Waals surface area contributed by atoms with Crippen molar-refractivity contribution in [3.63, 3.8) is 0 Å². The summed E-state index contributed by atoms with van der Waals surface area (Å²) < 4.78 is 13.3. The van der Waals surface area contributed by atoms with Crippen molar-refractivity contribution in [2.45, 2.75) is 32.0 Å². The number of alkyl halides is 1. The van der Waals surface area contributed by atoms with Crippen LogP contribution >= 0.6 is 11.3 Å². The van der Waals surface area contributed by atoms with E-state index in [1.54, 1.807) is 30.5 Å². The molecule has 3 aromatic heterocycles. The van der Waals surface area contributed by atoms with E-state index >= 15 is 0 Å². The molecule has 2 aromatic carbocycles. The van der Waals surface area contributed by atoms with Gasteiger partial charge in [0.15, 0.2) is 5.13 Å². The molecule has 4 heterocycles. The van der Waals surface area contributed by atoms with Gasteiger partial charge in [-0.05, 0) is 30.0 Å². The Kier molecular flexibility index (Phi) is 8.34. The van der Waals surface area contributed by atoms with Crippen LogP contribution in [0.25, 0.3) is 21.8 Å². The number of halogens is 1. The molecule has 6 rings (SSSR count). The van der Waals surface area contributed by atoms with Crippen molar-refractivity contribution in [1.82, 2.24) is 24.8 Å². The molecular formula is C32H30FN7O2S. The molecule has 218 valence electrons. The molecule has 5 aromatic rings. The number of carbonyl (C=O) groups excluding carboxylic acids is 2. The Morgan fingerprint density at radius 2 is 1.95 bits per heavy atom. The highest BCUT2D eigenvalue weighted by molar-refractivity contribution is 7.15. The average molecular weight is 596 g/mol. The summed E-state index contributed by atoms with van der Waals surface area (Å²) in [6, 6.07) is 14.7. The number of carbonyl (C=O) groups is 2. The molecule has 1 aliphatic rings. The molecule has 0 radical (unpaired) electrons. The highest BCUT2D eigenvalue weighted by atomic mass is 32.1. The Balaban J connectivity index is 1.10. The minimum atomic E-state index is -0.999. The van der Waals surface area contributed by atoms with Gasteiger partial charge in [-0.1, -0.05) is 48.6 Å². The highest BCUT2D eigenvalue weighted by Gasteiger charge is 2.22. The number of thiazole rings is 1. The Bertz CT molecular complexity index is 1850. The number of anilines is 2. The van der Waals surface area contributed by atoms with Gasteiger partial charge in [-0.2, -0.15) is 0 Å². The normalized spacial score (nSPS) is 14.2. The van der Waals surface area contributed by atoms with Crippen LogP contribution in [0.5, 0.6) is 0 Å². The Morgan fingerprint density at radius 1 is 1.09 bits per heavy atom. The van der Waals surface area contributed by atoms with Crippen LogP contribution in [0.2, 0.25) is 0 Å². The molecule has 43 heavy (non-hydrogen) atoms.